The number of aliphatic carboxylic acids is 1. The number of carbonyl (C=O) groups is 1. The van der Waals surface area contributed by atoms with Gasteiger partial charge in [-0.3, -0.25) is 4.79 Å². The highest BCUT2D eigenvalue weighted by Gasteiger charge is 1.92. The van der Waals surface area contributed by atoms with E-state index in [2.05, 4.69) is 55.9 Å². The summed E-state index contributed by atoms with van der Waals surface area (Å²) in [5, 5.41) is 8.45. The van der Waals surface area contributed by atoms with Crippen LogP contribution in [0.2, 0.25) is 0 Å². The molecule has 0 aromatic heterocycles. The number of carboxylic acid groups (broad SMARTS) is 1. The van der Waals surface area contributed by atoms with Crippen molar-refractivity contribution < 1.29 is 9.90 Å². The van der Waals surface area contributed by atoms with Gasteiger partial charge in [0.2, 0.25) is 0 Å². The second-order valence-corrected chi connectivity index (χ2v) is 5.58. The lowest BCUT2D eigenvalue weighted by molar-refractivity contribution is -0.137. The Kier molecular flexibility index (Phi) is 14.0. The Morgan fingerprint density at radius 3 is 2.65 bits per heavy atom. The molecule has 0 heterocycles. The number of hydrogen-bond acceptors (Lipinski definition) is 1. The molecule has 0 unspecified atom stereocenters. The fraction of sp³-hybridized carbons (Fsp3) is 0.438. The zero-order valence-corrected chi connectivity index (χ0v) is 14.6. The normalized spacial score (nSPS) is 11.8. The summed E-state index contributed by atoms with van der Waals surface area (Å²) >= 11 is 6.67. The monoisotopic (exact) mass is 402 g/mol. The van der Waals surface area contributed by atoms with E-state index in [1.807, 2.05) is 17.1 Å². The molecule has 0 aliphatic heterocycles. The fourth-order valence-corrected chi connectivity index (χ4v) is 2.38. The second-order valence-electron chi connectivity index (χ2n) is 4.14. The molecule has 1 N–H and O–H groups in total. The van der Waals surface area contributed by atoms with Gasteiger partial charge in [0.05, 0.1) is 0 Å². The van der Waals surface area contributed by atoms with Gasteiger partial charge in [-0.15, -0.1) is 0 Å². The smallest absolute Gasteiger partial charge is 0.303 e. The third kappa shape index (κ3) is 15.3. The molecule has 0 aromatic rings. The first-order valence-corrected chi connectivity index (χ1v) is 8.35. The molecule has 0 aliphatic carbocycles. The van der Waals surface area contributed by atoms with Crippen molar-refractivity contribution in [3.63, 3.8) is 0 Å². The average molecular weight is 404 g/mol. The molecule has 20 heavy (non-hydrogen) atoms. The predicted octanol–water partition coefficient (Wildman–Crippen LogP) is 5.55. The maximum Gasteiger partial charge on any atom is 0.303 e. The lowest BCUT2D eigenvalue weighted by Crippen LogP contribution is -1.92. The molecule has 0 aromatic carbocycles. The maximum atomic E-state index is 10.3. The molecule has 2 nitrogen and oxygen atoms in total. The Labute approximate surface area is 138 Å². The van der Waals surface area contributed by atoms with Crippen LogP contribution in [0.5, 0.6) is 0 Å². The van der Waals surface area contributed by atoms with Gasteiger partial charge in [0.1, 0.15) is 0 Å². The van der Waals surface area contributed by atoms with E-state index in [4.69, 9.17) is 5.11 Å². The summed E-state index contributed by atoms with van der Waals surface area (Å²) in [6.45, 7) is 0. The van der Waals surface area contributed by atoms with E-state index in [9.17, 15) is 4.79 Å². The lowest BCUT2D eigenvalue weighted by atomic mass is 10.2. The molecule has 0 atom stereocenters. The lowest BCUT2D eigenvalue weighted by Gasteiger charge is -1.93. The van der Waals surface area contributed by atoms with Crippen LogP contribution >= 0.6 is 31.9 Å². The Hall–Kier alpha value is -0.790. The number of allylic oxidation sites excluding steroid dienone is 5. The number of rotatable bonds is 9. The highest BCUT2D eigenvalue weighted by molar-refractivity contribution is 9.12. The van der Waals surface area contributed by atoms with Crippen LogP contribution in [0.25, 0.3) is 0 Å². The van der Waals surface area contributed by atoms with Crippen LogP contribution in [0.15, 0.2) is 33.8 Å². The SMILES string of the molecule is O=C(O)CCCC#C/C=C/CCCC/C=C(Br)\C=C/Br. The molecule has 0 amide bonds. The minimum atomic E-state index is -0.755. The van der Waals surface area contributed by atoms with Gasteiger partial charge in [0.15, 0.2) is 0 Å². The van der Waals surface area contributed by atoms with Gasteiger partial charge >= 0.3 is 5.97 Å². The van der Waals surface area contributed by atoms with Crippen LogP contribution in [0.4, 0.5) is 0 Å². The van der Waals surface area contributed by atoms with Crippen molar-refractivity contribution in [1.82, 2.24) is 0 Å². The van der Waals surface area contributed by atoms with E-state index in [1.54, 1.807) is 0 Å². The van der Waals surface area contributed by atoms with Crippen LogP contribution < -0.4 is 0 Å². The zero-order valence-electron chi connectivity index (χ0n) is 11.4. The average Bonchev–Trinajstić information content (AvgIpc) is 2.40. The van der Waals surface area contributed by atoms with Gasteiger partial charge < -0.3 is 5.11 Å². The highest BCUT2D eigenvalue weighted by Crippen LogP contribution is 2.11. The van der Waals surface area contributed by atoms with Crippen LogP contribution in [0, 0.1) is 11.8 Å². The van der Waals surface area contributed by atoms with E-state index in [0.29, 0.717) is 12.8 Å². The maximum absolute atomic E-state index is 10.3. The molecule has 110 valence electrons. The van der Waals surface area contributed by atoms with Crippen LogP contribution in [-0.4, -0.2) is 11.1 Å². The van der Waals surface area contributed by atoms with Crippen LogP contribution in [0.1, 0.15) is 44.9 Å². The standard InChI is InChI=1S/C16H20Br2O2/c17-14-13-15(18)11-9-7-5-3-1-2-4-6-8-10-12-16(19)20/h1-2,11,13-14H,3,5,7-10,12H2,(H,19,20)/b2-1+,14-13-,15-11+. The van der Waals surface area contributed by atoms with Crippen molar-refractivity contribution in [2.45, 2.75) is 44.9 Å². The van der Waals surface area contributed by atoms with Gasteiger partial charge in [0, 0.05) is 17.3 Å². The molecule has 0 saturated heterocycles. The molecule has 0 bridgehead atoms. The van der Waals surface area contributed by atoms with Crippen molar-refractivity contribution >= 4 is 37.8 Å². The first-order chi connectivity index (χ1) is 9.66. The summed E-state index contributed by atoms with van der Waals surface area (Å²) in [6.07, 6.45) is 13.9. The van der Waals surface area contributed by atoms with Gasteiger partial charge in [-0.05, 0) is 49.2 Å². The van der Waals surface area contributed by atoms with Crippen molar-refractivity contribution in [3.8, 4) is 11.8 Å². The Bertz CT molecular complexity index is 412. The summed E-state index contributed by atoms with van der Waals surface area (Å²) in [5.74, 6) is 5.12. The summed E-state index contributed by atoms with van der Waals surface area (Å²) < 4.78 is 1.09. The van der Waals surface area contributed by atoms with E-state index >= 15 is 0 Å². The molecule has 0 rings (SSSR count). The molecular weight excluding hydrogens is 384 g/mol. The van der Waals surface area contributed by atoms with Crippen LogP contribution in [-0.2, 0) is 4.79 Å². The molecule has 0 saturated carbocycles. The Morgan fingerprint density at radius 1 is 1.20 bits per heavy atom. The van der Waals surface area contributed by atoms with E-state index in [1.165, 1.54) is 0 Å². The number of hydrogen-bond donors (Lipinski definition) is 1. The first-order valence-electron chi connectivity index (χ1n) is 6.64. The number of unbranched alkanes of at least 4 members (excludes halogenated alkanes) is 4. The largest absolute Gasteiger partial charge is 0.481 e. The molecular formula is C16H20Br2O2. The minimum Gasteiger partial charge on any atom is -0.481 e. The zero-order chi connectivity index (χ0) is 15.1. The van der Waals surface area contributed by atoms with E-state index < -0.39 is 5.97 Å². The topological polar surface area (TPSA) is 37.3 Å². The van der Waals surface area contributed by atoms with Crippen molar-refractivity contribution in [3.05, 3.63) is 33.8 Å². The molecule has 0 fully saturated rings. The quantitative estimate of drug-likeness (QED) is 0.311. The van der Waals surface area contributed by atoms with E-state index in [0.717, 1.165) is 30.2 Å². The van der Waals surface area contributed by atoms with Gasteiger partial charge in [-0.25, -0.2) is 0 Å². The third-order valence-electron chi connectivity index (χ3n) is 2.38. The van der Waals surface area contributed by atoms with Crippen molar-refractivity contribution in [2.75, 3.05) is 0 Å². The van der Waals surface area contributed by atoms with Gasteiger partial charge in [0.25, 0.3) is 0 Å². The van der Waals surface area contributed by atoms with Gasteiger partial charge in [-0.2, -0.15) is 0 Å². The summed E-state index contributed by atoms with van der Waals surface area (Å²) in [6, 6.07) is 0. The molecule has 0 radical (unpaired) electrons. The first kappa shape index (κ1) is 19.2. The predicted molar refractivity (Wildman–Crippen MR) is 91.9 cm³/mol. The summed E-state index contributed by atoms with van der Waals surface area (Å²) in [7, 11) is 0. The van der Waals surface area contributed by atoms with Crippen molar-refractivity contribution in [1.29, 1.82) is 0 Å². The second kappa shape index (κ2) is 14.6. The molecule has 0 aliphatic rings. The fourth-order valence-electron chi connectivity index (χ4n) is 1.38. The summed E-state index contributed by atoms with van der Waals surface area (Å²) in [4.78, 5) is 12.1. The highest BCUT2D eigenvalue weighted by atomic mass is 79.9. The Balaban J connectivity index is 3.51. The molecule has 0 spiro atoms. The van der Waals surface area contributed by atoms with Gasteiger partial charge in [-0.1, -0.05) is 55.9 Å². The third-order valence-corrected chi connectivity index (χ3v) is 3.23. The number of halogens is 2. The minimum absolute atomic E-state index is 0.200. The summed E-state index contributed by atoms with van der Waals surface area (Å²) in [5.41, 5.74) is 0. The van der Waals surface area contributed by atoms with Crippen LogP contribution in [0.3, 0.4) is 0 Å². The Morgan fingerprint density at radius 2 is 1.95 bits per heavy atom. The number of carboxylic acids is 1. The van der Waals surface area contributed by atoms with Crippen molar-refractivity contribution in [2.24, 2.45) is 0 Å². The molecule has 4 heteroatoms. The van der Waals surface area contributed by atoms with E-state index in [-0.39, 0.29) is 6.42 Å².